The van der Waals surface area contributed by atoms with Crippen LogP contribution in [0.5, 0.6) is 11.5 Å². The first kappa shape index (κ1) is 31.1. The second-order valence-electron chi connectivity index (χ2n) is 9.42. The van der Waals surface area contributed by atoms with Crippen molar-refractivity contribution in [1.82, 2.24) is 9.80 Å². The second kappa shape index (κ2) is 16.6. The summed E-state index contributed by atoms with van der Waals surface area (Å²) in [5, 5.41) is 2.03. The number of rotatable bonds is 17. The van der Waals surface area contributed by atoms with E-state index in [2.05, 4.69) is 6.07 Å². The zero-order valence-electron chi connectivity index (χ0n) is 23.9. The minimum absolute atomic E-state index is 0.0202. The van der Waals surface area contributed by atoms with Crippen molar-refractivity contribution in [2.24, 2.45) is 0 Å². The van der Waals surface area contributed by atoms with E-state index in [4.69, 9.17) is 18.9 Å². The maximum Gasteiger partial charge on any atom is 0.249 e. The first-order valence-corrected chi connectivity index (χ1v) is 14.2. The molecule has 0 N–H and O–H groups in total. The van der Waals surface area contributed by atoms with Crippen LogP contribution in [0, 0.1) is 6.92 Å². The normalized spacial score (nSPS) is 10.8. The Morgan fingerprint density at radius 1 is 0.850 bits per heavy atom. The van der Waals surface area contributed by atoms with Gasteiger partial charge in [-0.15, -0.1) is 11.3 Å². The molecule has 2 aromatic carbocycles. The third-order valence-corrected chi connectivity index (χ3v) is 7.57. The van der Waals surface area contributed by atoms with Gasteiger partial charge < -0.3 is 28.7 Å². The molecule has 3 rings (SSSR count). The number of amides is 2. The van der Waals surface area contributed by atoms with Gasteiger partial charge in [-0.05, 0) is 60.0 Å². The van der Waals surface area contributed by atoms with Crippen molar-refractivity contribution in [2.45, 2.75) is 32.9 Å². The Morgan fingerprint density at radius 3 is 2.30 bits per heavy atom. The monoisotopic (exact) mass is 568 g/mol. The van der Waals surface area contributed by atoms with Crippen molar-refractivity contribution in [3.8, 4) is 11.5 Å². The molecule has 3 aromatic rings. The summed E-state index contributed by atoms with van der Waals surface area (Å²) in [7, 11) is 4.84. The summed E-state index contributed by atoms with van der Waals surface area (Å²) in [6.07, 6.45) is 1.26. The zero-order chi connectivity index (χ0) is 28.7. The van der Waals surface area contributed by atoms with Crippen molar-refractivity contribution in [2.75, 3.05) is 54.2 Å². The topological polar surface area (TPSA) is 77.5 Å². The summed E-state index contributed by atoms with van der Waals surface area (Å²) in [6.45, 7) is 4.17. The molecule has 0 saturated heterocycles. The number of hydrogen-bond acceptors (Lipinski definition) is 7. The van der Waals surface area contributed by atoms with Crippen LogP contribution in [0.15, 0.2) is 60.0 Å². The first-order chi connectivity index (χ1) is 19.4. The van der Waals surface area contributed by atoms with Crippen LogP contribution in [-0.4, -0.2) is 75.8 Å². The van der Waals surface area contributed by atoms with Gasteiger partial charge in [0.25, 0.3) is 0 Å². The quantitative estimate of drug-likeness (QED) is 0.219. The van der Waals surface area contributed by atoms with E-state index in [-0.39, 0.29) is 25.0 Å². The van der Waals surface area contributed by atoms with E-state index in [0.29, 0.717) is 57.2 Å². The lowest BCUT2D eigenvalue weighted by atomic mass is 10.1. The first-order valence-electron chi connectivity index (χ1n) is 13.3. The molecule has 1 aromatic heterocycles. The van der Waals surface area contributed by atoms with Gasteiger partial charge in [-0.2, -0.15) is 0 Å². The average molecular weight is 569 g/mol. The van der Waals surface area contributed by atoms with Gasteiger partial charge in [0.1, 0.15) is 6.61 Å². The minimum Gasteiger partial charge on any atom is -0.493 e. The highest BCUT2D eigenvalue weighted by molar-refractivity contribution is 7.10. The second-order valence-corrected chi connectivity index (χ2v) is 10.4. The molecule has 1 heterocycles. The zero-order valence-corrected chi connectivity index (χ0v) is 24.7. The molecule has 0 atom stereocenters. The minimum atomic E-state index is -0.215. The van der Waals surface area contributed by atoms with Crippen LogP contribution in [0.25, 0.3) is 0 Å². The summed E-state index contributed by atoms with van der Waals surface area (Å²) in [6, 6.07) is 17.5. The largest absolute Gasteiger partial charge is 0.493 e. The SMILES string of the molecule is COCCCN(CC(=O)N(CCc1ccc(OC)c(OC)c1)Cc1sccc1C)C(=O)COCc1ccccc1. The van der Waals surface area contributed by atoms with E-state index in [0.717, 1.165) is 21.6 Å². The molecular formula is C31H40N2O6S. The lowest BCUT2D eigenvalue weighted by Crippen LogP contribution is -2.45. The molecule has 0 fully saturated rings. The fraction of sp³-hybridized carbons (Fsp3) is 0.419. The Labute approximate surface area is 241 Å². The Morgan fingerprint density at radius 2 is 1.62 bits per heavy atom. The van der Waals surface area contributed by atoms with E-state index in [1.54, 1.807) is 37.6 Å². The molecule has 40 heavy (non-hydrogen) atoms. The summed E-state index contributed by atoms with van der Waals surface area (Å²) in [4.78, 5) is 31.4. The van der Waals surface area contributed by atoms with Crippen molar-refractivity contribution in [3.63, 3.8) is 0 Å². The fourth-order valence-electron chi connectivity index (χ4n) is 4.21. The summed E-state index contributed by atoms with van der Waals surface area (Å²) < 4.78 is 21.7. The van der Waals surface area contributed by atoms with Gasteiger partial charge in [0.2, 0.25) is 11.8 Å². The van der Waals surface area contributed by atoms with Crippen LogP contribution in [-0.2, 0) is 38.6 Å². The van der Waals surface area contributed by atoms with Gasteiger partial charge >= 0.3 is 0 Å². The van der Waals surface area contributed by atoms with E-state index in [1.807, 2.05) is 65.7 Å². The molecule has 2 amide bonds. The molecule has 9 heteroatoms. The average Bonchev–Trinajstić information content (AvgIpc) is 3.38. The molecule has 8 nitrogen and oxygen atoms in total. The van der Waals surface area contributed by atoms with Gasteiger partial charge in [0, 0.05) is 31.7 Å². The highest BCUT2D eigenvalue weighted by Crippen LogP contribution is 2.28. The third kappa shape index (κ3) is 9.66. The van der Waals surface area contributed by atoms with E-state index >= 15 is 0 Å². The van der Waals surface area contributed by atoms with Gasteiger partial charge in [0.05, 0.1) is 33.9 Å². The summed E-state index contributed by atoms with van der Waals surface area (Å²) >= 11 is 1.63. The lowest BCUT2D eigenvalue weighted by Gasteiger charge is -2.28. The van der Waals surface area contributed by atoms with Crippen LogP contribution in [0.2, 0.25) is 0 Å². The van der Waals surface area contributed by atoms with E-state index in [9.17, 15) is 9.59 Å². The smallest absolute Gasteiger partial charge is 0.249 e. The van der Waals surface area contributed by atoms with Crippen molar-refractivity contribution in [1.29, 1.82) is 0 Å². The number of nitrogens with zero attached hydrogens (tertiary/aromatic N) is 2. The van der Waals surface area contributed by atoms with Gasteiger partial charge in [0.15, 0.2) is 11.5 Å². The van der Waals surface area contributed by atoms with Crippen LogP contribution in [0.4, 0.5) is 0 Å². The lowest BCUT2D eigenvalue weighted by molar-refractivity contribution is -0.144. The molecule has 0 aliphatic carbocycles. The standard InChI is InChI=1S/C31H40N2O6S/c1-24-14-18-40-29(24)20-33(16-13-25-11-12-27(37-3)28(19-25)38-4)30(34)21-32(15-8-17-36-2)31(35)23-39-22-26-9-6-5-7-10-26/h5-7,9-12,14,18-19H,8,13,15-17,20-23H2,1-4H3. The Balaban J connectivity index is 1.69. The Kier molecular flexibility index (Phi) is 13.0. The van der Waals surface area contributed by atoms with Crippen molar-refractivity contribution >= 4 is 23.2 Å². The van der Waals surface area contributed by atoms with Crippen LogP contribution in [0.3, 0.4) is 0 Å². The van der Waals surface area contributed by atoms with Crippen LogP contribution in [0.1, 0.15) is 28.0 Å². The molecule has 0 unspecified atom stereocenters. The molecule has 0 spiro atoms. The van der Waals surface area contributed by atoms with Crippen LogP contribution < -0.4 is 9.47 Å². The van der Waals surface area contributed by atoms with E-state index < -0.39 is 0 Å². The molecule has 0 aliphatic rings. The fourth-order valence-corrected chi connectivity index (χ4v) is 5.13. The molecule has 0 saturated carbocycles. The number of methoxy groups -OCH3 is 3. The number of ether oxygens (including phenoxy) is 4. The predicted molar refractivity (Wildman–Crippen MR) is 157 cm³/mol. The third-order valence-electron chi connectivity index (χ3n) is 6.57. The molecule has 0 aliphatic heterocycles. The maximum absolute atomic E-state index is 13.7. The Hall–Kier alpha value is -3.40. The summed E-state index contributed by atoms with van der Waals surface area (Å²) in [5.74, 6) is 0.986. The van der Waals surface area contributed by atoms with Crippen molar-refractivity contribution < 1.29 is 28.5 Å². The molecular weight excluding hydrogens is 528 g/mol. The predicted octanol–water partition coefficient (Wildman–Crippen LogP) is 4.73. The van der Waals surface area contributed by atoms with Crippen molar-refractivity contribution in [3.05, 3.63) is 81.5 Å². The number of aryl methyl sites for hydroxylation is 1. The summed E-state index contributed by atoms with van der Waals surface area (Å²) in [5.41, 5.74) is 3.17. The van der Waals surface area contributed by atoms with Gasteiger partial charge in [-0.25, -0.2) is 0 Å². The number of carbonyl (C=O) groups excluding carboxylic acids is 2. The maximum atomic E-state index is 13.7. The number of thiophene rings is 1. The number of benzene rings is 2. The number of hydrogen-bond donors (Lipinski definition) is 0. The van der Waals surface area contributed by atoms with Crippen LogP contribution >= 0.6 is 11.3 Å². The van der Waals surface area contributed by atoms with E-state index in [1.165, 1.54) is 0 Å². The number of carbonyl (C=O) groups is 2. The van der Waals surface area contributed by atoms with Gasteiger partial charge in [-0.1, -0.05) is 36.4 Å². The van der Waals surface area contributed by atoms with Gasteiger partial charge in [-0.3, -0.25) is 9.59 Å². The Bertz CT molecular complexity index is 1200. The highest BCUT2D eigenvalue weighted by Gasteiger charge is 2.22. The highest BCUT2D eigenvalue weighted by atomic mass is 32.1. The molecule has 0 bridgehead atoms. The molecule has 0 radical (unpaired) electrons. The molecule has 216 valence electrons.